The molecular weight excluding hydrogens is 688 g/mol. The zero-order valence-electron chi connectivity index (χ0n) is 27.1. The number of nitrogens with zero attached hydrogens (tertiary/aromatic N) is 2. The highest BCUT2D eigenvalue weighted by atomic mass is 31.3. The quantitative estimate of drug-likeness (QED) is 0.186. The van der Waals surface area contributed by atoms with Gasteiger partial charge in [-0.3, -0.25) is 23.2 Å². The monoisotopic (exact) mass is 731 g/mol. The van der Waals surface area contributed by atoms with Crippen molar-refractivity contribution in [3.63, 3.8) is 0 Å². The Bertz CT molecular complexity index is 1700. The van der Waals surface area contributed by atoms with Crippen molar-refractivity contribution in [1.29, 1.82) is 0 Å². The third kappa shape index (κ3) is 6.46. The Morgan fingerprint density at radius 3 is 2.45 bits per heavy atom. The number of ketones is 2. The van der Waals surface area contributed by atoms with Crippen LogP contribution < -0.4 is 11.4 Å². The highest BCUT2D eigenvalue weighted by Crippen LogP contribution is 2.68. The highest BCUT2D eigenvalue weighted by molar-refractivity contribution is 7.61. The Balaban J connectivity index is 1.05. The summed E-state index contributed by atoms with van der Waals surface area (Å²) in [5.41, 5.74) is 2.91. The lowest BCUT2D eigenvalue weighted by atomic mass is 9.46. The molecule has 3 saturated carbocycles. The number of nitrogens with two attached hydrogens (primary N) is 1. The summed E-state index contributed by atoms with van der Waals surface area (Å²) < 4.78 is 45.3. The van der Waals surface area contributed by atoms with Gasteiger partial charge in [-0.2, -0.15) is 9.29 Å². The molecule has 0 radical (unpaired) electrons. The van der Waals surface area contributed by atoms with Crippen LogP contribution in [-0.2, 0) is 36.8 Å². The van der Waals surface area contributed by atoms with E-state index in [1.807, 2.05) is 6.92 Å². The van der Waals surface area contributed by atoms with Crippen molar-refractivity contribution in [2.75, 3.05) is 18.9 Å². The molecule has 5 aliphatic rings. The van der Waals surface area contributed by atoms with E-state index >= 15 is 0 Å². The van der Waals surface area contributed by atoms with Crippen molar-refractivity contribution in [2.24, 2.45) is 28.6 Å². The number of phosphoric acid groups is 2. The van der Waals surface area contributed by atoms with Gasteiger partial charge in [-0.1, -0.05) is 19.4 Å². The van der Waals surface area contributed by atoms with Crippen LogP contribution in [-0.4, -0.2) is 83.4 Å². The molecule has 49 heavy (non-hydrogen) atoms. The van der Waals surface area contributed by atoms with Crippen LogP contribution in [0.1, 0.15) is 71.4 Å². The number of ether oxygens (including phenoxy) is 1. The molecule has 1 aliphatic heterocycles. The Labute approximate surface area is 281 Å². The van der Waals surface area contributed by atoms with Gasteiger partial charge >= 0.3 is 21.3 Å². The second-order valence-electron chi connectivity index (χ2n) is 14.4. The van der Waals surface area contributed by atoms with Gasteiger partial charge < -0.3 is 35.6 Å². The van der Waals surface area contributed by atoms with Gasteiger partial charge in [0, 0.05) is 18.0 Å². The molecular formula is C30H43N3O14P2. The number of Topliss-reactive ketones (excluding diaryl/α,β-unsaturated/α-hetero) is 1. The molecule has 1 saturated heterocycles. The maximum Gasteiger partial charge on any atom is 0.481 e. The largest absolute Gasteiger partial charge is 0.481 e. The number of aliphatic hydroxyl groups is 3. The van der Waals surface area contributed by atoms with Crippen molar-refractivity contribution in [1.82, 2.24) is 9.55 Å². The van der Waals surface area contributed by atoms with Crippen LogP contribution in [0.2, 0.25) is 0 Å². The van der Waals surface area contributed by atoms with Gasteiger partial charge in [0.05, 0.1) is 6.61 Å². The summed E-state index contributed by atoms with van der Waals surface area (Å²) in [5, 5.41) is 32.5. The lowest BCUT2D eigenvalue weighted by Gasteiger charge is -2.58. The maximum absolute atomic E-state index is 13.5. The summed E-state index contributed by atoms with van der Waals surface area (Å²) >= 11 is 0. The minimum Gasteiger partial charge on any atom is -0.387 e. The Morgan fingerprint density at radius 2 is 1.73 bits per heavy atom. The molecule has 272 valence electrons. The normalized spacial score (nSPS) is 41.2. The van der Waals surface area contributed by atoms with Gasteiger partial charge in [-0.25, -0.2) is 13.9 Å². The number of hydrogen-bond acceptors (Lipinski definition) is 14. The third-order valence-corrected chi connectivity index (χ3v) is 14.6. The van der Waals surface area contributed by atoms with E-state index in [1.165, 1.54) is 11.6 Å². The fourth-order valence-corrected chi connectivity index (χ4v) is 11.4. The van der Waals surface area contributed by atoms with Crippen LogP contribution in [0.15, 0.2) is 28.7 Å². The minimum absolute atomic E-state index is 0.000586. The van der Waals surface area contributed by atoms with Gasteiger partial charge in [0.2, 0.25) is 0 Å². The highest BCUT2D eigenvalue weighted by Gasteiger charge is 2.66. The molecule has 0 spiro atoms. The van der Waals surface area contributed by atoms with E-state index in [4.69, 9.17) is 19.5 Å². The minimum atomic E-state index is -5.43. The Kier molecular flexibility index (Phi) is 9.58. The van der Waals surface area contributed by atoms with Crippen LogP contribution >= 0.6 is 15.6 Å². The zero-order valence-corrected chi connectivity index (χ0v) is 28.9. The van der Waals surface area contributed by atoms with Crippen molar-refractivity contribution in [3.8, 4) is 0 Å². The van der Waals surface area contributed by atoms with E-state index in [2.05, 4.69) is 16.2 Å². The van der Waals surface area contributed by atoms with Crippen LogP contribution in [0.3, 0.4) is 0 Å². The lowest BCUT2D eigenvalue weighted by Crippen LogP contribution is -2.58. The van der Waals surface area contributed by atoms with E-state index in [9.17, 15) is 48.6 Å². The molecule has 8 unspecified atom stereocenters. The molecule has 7 N–H and O–H groups in total. The van der Waals surface area contributed by atoms with Crippen LogP contribution in [0.25, 0.3) is 0 Å². The number of hydrogen-bond donors (Lipinski definition) is 6. The summed E-state index contributed by atoms with van der Waals surface area (Å²) in [6, 6.07) is 1.24. The second kappa shape index (κ2) is 12.8. The SMILES string of the molecule is CC12CCC(=O)C=C1CCC1C2CCC2(C)C1CC[C@]2(O)C(=O)COP(=O)(O)OP(=O)(O)OC[C@H]1OC(n2ccc(N)nc2=O)[C@@H](O)[C@@H]1O. The van der Waals surface area contributed by atoms with Gasteiger partial charge in [-0.05, 0) is 80.3 Å². The van der Waals surface area contributed by atoms with Crippen LogP contribution in [0, 0.1) is 28.6 Å². The molecule has 0 amide bonds. The predicted octanol–water partition coefficient (Wildman–Crippen LogP) is 1.53. The van der Waals surface area contributed by atoms with E-state index in [-0.39, 0.29) is 35.3 Å². The number of rotatable bonds is 10. The standard InChI is InChI=1S/C30H43N3O14P2/c1-28-9-5-17(34)13-16(28)3-4-18-19(28)6-10-29(2)20(18)7-11-30(29,39)22(35)15-45-49(42,43)47-48(40,41)44-14-21-24(36)25(37)26(46-21)33-12-8-23(31)32-27(33)38/h8,12-13,18-21,24-26,36-37,39H,3-7,9-11,14-15H2,1-2H3,(H,40,41)(H,42,43)(H2,31,32,38)/t18?,19?,20?,21-,24-,25+,26?,28?,29?,30+/m1/s1. The molecule has 0 aromatic carbocycles. The maximum atomic E-state index is 13.5. The van der Waals surface area contributed by atoms with Gasteiger partial charge in [0.1, 0.15) is 36.3 Å². The smallest absolute Gasteiger partial charge is 0.387 e. The number of aliphatic hydroxyl groups excluding tert-OH is 2. The molecule has 4 aliphatic carbocycles. The summed E-state index contributed by atoms with van der Waals surface area (Å²) in [6.45, 7) is 2.06. The van der Waals surface area contributed by atoms with Crippen LogP contribution in [0.5, 0.6) is 0 Å². The van der Waals surface area contributed by atoms with Gasteiger partial charge in [-0.15, -0.1) is 0 Å². The van der Waals surface area contributed by atoms with Crippen LogP contribution in [0.4, 0.5) is 5.82 Å². The number of allylic oxidation sites excluding steroid dienone is 1. The first-order valence-corrected chi connectivity index (χ1v) is 19.3. The first-order valence-electron chi connectivity index (χ1n) is 16.3. The summed E-state index contributed by atoms with van der Waals surface area (Å²) in [6.07, 6.45) is 1.45. The molecule has 4 fully saturated rings. The first-order chi connectivity index (χ1) is 22.8. The van der Waals surface area contributed by atoms with Crippen molar-refractivity contribution >= 4 is 33.0 Å². The molecule has 1 aromatic heterocycles. The molecule has 12 atom stereocenters. The van der Waals surface area contributed by atoms with Gasteiger partial charge in [0.25, 0.3) is 0 Å². The van der Waals surface area contributed by atoms with Crippen molar-refractivity contribution in [3.05, 3.63) is 34.4 Å². The third-order valence-electron chi connectivity index (χ3n) is 12.0. The summed E-state index contributed by atoms with van der Waals surface area (Å²) in [7, 11) is -10.8. The number of nitrogen functional groups attached to an aromatic ring is 1. The van der Waals surface area contributed by atoms with Gasteiger partial charge in [0.15, 0.2) is 17.8 Å². The Hall–Kier alpha value is -2.14. The number of carbonyl (C=O) groups excluding carboxylic acids is 2. The zero-order chi connectivity index (χ0) is 35.7. The van der Waals surface area contributed by atoms with E-state index in [1.54, 1.807) is 6.08 Å². The number of phosphoric ester groups is 2. The number of anilines is 1. The molecule has 0 bridgehead atoms. The summed E-state index contributed by atoms with van der Waals surface area (Å²) in [5.74, 6) is -0.269. The first kappa shape index (κ1) is 36.6. The topological polar surface area (TPSA) is 267 Å². The molecule has 1 aromatic rings. The number of fused-ring (bicyclic) bond motifs is 5. The number of carbonyl (C=O) groups is 2. The average Bonchev–Trinajstić information content (AvgIpc) is 3.46. The molecule has 19 heteroatoms. The van der Waals surface area contributed by atoms with Crippen molar-refractivity contribution in [2.45, 2.75) is 95.4 Å². The molecule has 17 nitrogen and oxygen atoms in total. The molecule has 2 heterocycles. The van der Waals surface area contributed by atoms with E-state index in [0.29, 0.717) is 25.2 Å². The lowest BCUT2D eigenvalue weighted by molar-refractivity contribution is -0.164. The van der Waals surface area contributed by atoms with E-state index in [0.717, 1.165) is 36.4 Å². The van der Waals surface area contributed by atoms with E-state index < -0.39 is 75.9 Å². The average molecular weight is 732 g/mol. The predicted molar refractivity (Wildman–Crippen MR) is 168 cm³/mol. The fraction of sp³-hybridized carbons (Fsp3) is 0.733. The Morgan fingerprint density at radius 1 is 1.04 bits per heavy atom. The number of aromatic nitrogens is 2. The second-order valence-corrected chi connectivity index (χ2v) is 17.5. The molecule has 6 rings (SSSR count). The summed E-state index contributed by atoms with van der Waals surface area (Å²) in [4.78, 5) is 61.6. The van der Waals surface area contributed by atoms with Crippen molar-refractivity contribution < 1.29 is 61.9 Å². The fourth-order valence-electron chi connectivity index (χ4n) is 9.35.